The number of esters is 1. The van der Waals surface area contributed by atoms with Gasteiger partial charge < -0.3 is 9.15 Å². The lowest BCUT2D eigenvalue weighted by atomic mass is 10.1. The Morgan fingerprint density at radius 3 is 2.71 bits per heavy atom. The molecule has 0 fully saturated rings. The number of hydrogen-bond acceptors (Lipinski definition) is 5. The van der Waals surface area contributed by atoms with Gasteiger partial charge in [-0.25, -0.2) is 4.79 Å². The highest BCUT2D eigenvalue weighted by molar-refractivity contribution is 6.29. The first kappa shape index (κ1) is 13.1. The number of aryl methyl sites for hydroxylation is 1. The van der Waals surface area contributed by atoms with Crippen molar-refractivity contribution < 1.29 is 18.7 Å². The van der Waals surface area contributed by atoms with Crippen LogP contribution in [0.2, 0.25) is 0 Å². The molecule has 90 valence electrons. The smallest absolute Gasteiger partial charge is 0.342 e. The number of carbonyl (C=O) groups excluding carboxylic acids is 2. The average Bonchev–Trinajstić information content (AvgIpc) is 2.63. The molecule has 1 amide bonds. The highest BCUT2D eigenvalue weighted by atomic mass is 35.5. The predicted molar refractivity (Wildman–Crippen MR) is 58.8 cm³/mol. The van der Waals surface area contributed by atoms with Crippen molar-refractivity contribution >= 4 is 29.4 Å². The van der Waals surface area contributed by atoms with Crippen molar-refractivity contribution in [1.82, 2.24) is 0 Å². The van der Waals surface area contributed by atoms with Crippen molar-refractivity contribution in [3.8, 4) is 6.07 Å². The summed E-state index contributed by atoms with van der Waals surface area (Å²) in [5.41, 5.74) is -0.0762. The predicted octanol–water partition coefficient (Wildman–Crippen LogP) is 1.42. The molecule has 1 aromatic rings. The number of halogens is 1. The van der Waals surface area contributed by atoms with Crippen LogP contribution in [0, 0.1) is 18.3 Å². The molecule has 1 rings (SSSR count). The van der Waals surface area contributed by atoms with E-state index in [0.717, 1.165) is 0 Å². The van der Waals surface area contributed by atoms with Crippen molar-refractivity contribution in [2.45, 2.75) is 6.92 Å². The average molecular weight is 257 g/mol. The Hall–Kier alpha value is -2.00. The van der Waals surface area contributed by atoms with Crippen molar-refractivity contribution in [2.75, 3.05) is 18.3 Å². The van der Waals surface area contributed by atoms with Crippen molar-refractivity contribution in [3.63, 3.8) is 0 Å². The Bertz CT molecular complexity index is 501. The second-order valence-corrected chi connectivity index (χ2v) is 3.29. The van der Waals surface area contributed by atoms with E-state index in [-0.39, 0.29) is 28.7 Å². The highest BCUT2D eigenvalue weighted by Crippen LogP contribution is 2.26. The number of amides is 1. The Balaban J connectivity index is 3.22. The van der Waals surface area contributed by atoms with Crippen LogP contribution in [0.3, 0.4) is 0 Å². The molecule has 0 aliphatic carbocycles. The largest absolute Gasteiger partial charge is 0.465 e. The number of nitriles is 1. The van der Waals surface area contributed by atoms with Crippen LogP contribution in [0.1, 0.15) is 21.7 Å². The quantitative estimate of drug-likeness (QED) is 0.652. The molecule has 0 atom stereocenters. The third-order valence-corrected chi connectivity index (χ3v) is 2.20. The summed E-state index contributed by atoms with van der Waals surface area (Å²) in [5.74, 6) is -1.42. The molecule has 0 saturated heterocycles. The summed E-state index contributed by atoms with van der Waals surface area (Å²) in [6, 6.07) is 1.78. The number of hydrogen-bond donors (Lipinski definition) is 1. The van der Waals surface area contributed by atoms with Gasteiger partial charge in [-0.2, -0.15) is 5.26 Å². The van der Waals surface area contributed by atoms with E-state index in [4.69, 9.17) is 21.3 Å². The van der Waals surface area contributed by atoms with Crippen LogP contribution in [-0.4, -0.2) is 24.9 Å². The van der Waals surface area contributed by atoms with Crippen molar-refractivity contribution in [2.24, 2.45) is 0 Å². The number of anilines is 1. The van der Waals surface area contributed by atoms with Gasteiger partial charge in [0.05, 0.1) is 7.11 Å². The normalized spacial score (nSPS) is 9.53. The first-order valence-electron chi connectivity index (χ1n) is 4.52. The van der Waals surface area contributed by atoms with Gasteiger partial charge in [-0.05, 0) is 6.92 Å². The van der Waals surface area contributed by atoms with Crippen LogP contribution in [0.4, 0.5) is 5.88 Å². The lowest BCUT2D eigenvalue weighted by Gasteiger charge is -1.98. The maximum atomic E-state index is 11.4. The van der Waals surface area contributed by atoms with Crippen LogP contribution in [0.5, 0.6) is 0 Å². The van der Waals surface area contributed by atoms with Crippen LogP contribution >= 0.6 is 11.6 Å². The molecule has 1 N–H and O–H groups in total. The molecule has 0 aliphatic heterocycles. The molecule has 0 bridgehead atoms. The zero-order chi connectivity index (χ0) is 13.0. The van der Waals surface area contributed by atoms with E-state index in [9.17, 15) is 9.59 Å². The zero-order valence-corrected chi connectivity index (χ0v) is 9.92. The minimum atomic E-state index is -0.700. The van der Waals surface area contributed by atoms with Crippen LogP contribution in [0.25, 0.3) is 0 Å². The molecule has 17 heavy (non-hydrogen) atoms. The molecule has 7 heteroatoms. The number of rotatable bonds is 3. The molecule has 1 heterocycles. The van der Waals surface area contributed by atoms with E-state index in [1.165, 1.54) is 14.0 Å². The Morgan fingerprint density at radius 1 is 1.59 bits per heavy atom. The lowest BCUT2D eigenvalue weighted by Crippen LogP contribution is -2.13. The van der Waals surface area contributed by atoms with E-state index in [1.807, 2.05) is 0 Å². The van der Waals surface area contributed by atoms with Gasteiger partial charge in [0.15, 0.2) is 0 Å². The van der Waals surface area contributed by atoms with Gasteiger partial charge in [-0.15, -0.1) is 11.6 Å². The van der Waals surface area contributed by atoms with Gasteiger partial charge in [0, 0.05) is 0 Å². The second-order valence-electron chi connectivity index (χ2n) is 3.02. The second kappa shape index (κ2) is 5.37. The van der Waals surface area contributed by atoms with Gasteiger partial charge in [0.1, 0.15) is 28.8 Å². The number of alkyl halides is 1. The van der Waals surface area contributed by atoms with Gasteiger partial charge in [-0.1, -0.05) is 0 Å². The number of furan rings is 1. The maximum Gasteiger partial charge on any atom is 0.342 e. The Labute approximate surface area is 102 Å². The van der Waals surface area contributed by atoms with E-state index >= 15 is 0 Å². The first-order valence-corrected chi connectivity index (χ1v) is 5.06. The first-order chi connectivity index (χ1) is 8.04. The summed E-state index contributed by atoms with van der Waals surface area (Å²) in [4.78, 5) is 22.5. The standard InChI is InChI=1S/C10H9ClN2O4/c1-5-8(10(15)16-2)6(4-12)9(17-5)13-7(14)3-11/h3H2,1-2H3,(H,13,14). The number of methoxy groups -OCH3 is 1. The van der Waals surface area contributed by atoms with Crippen molar-refractivity contribution in [1.29, 1.82) is 5.26 Å². The molecule has 0 aromatic carbocycles. The van der Waals surface area contributed by atoms with Gasteiger partial charge in [-0.3, -0.25) is 10.1 Å². The summed E-state index contributed by atoms with van der Waals surface area (Å²) in [7, 11) is 1.19. The van der Waals surface area contributed by atoms with Crippen LogP contribution < -0.4 is 5.32 Å². The molecular formula is C10H9ClN2O4. The number of ether oxygens (including phenoxy) is 1. The molecule has 0 unspecified atom stereocenters. The zero-order valence-electron chi connectivity index (χ0n) is 9.17. The molecule has 6 nitrogen and oxygen atoms in total. The molecule has 1 aromatic heterocycles. The molecule has 0 aliphatic rings. The number of nitrogens with one attached hydrogen (secondary N) is 1. The van der Waals surface area contributed by atoms with E-state index in [2.05, 4.69) is 10.1 Å². The molecule has 0 radical (unpaired) electrons. The third kappa shape index (κ3) is 2.57. The minimum absolute atomic E-state index is 0.000118. The van der Waals surface area contributed by atoms with Gasteiger partial charge >= 0.3 is 5.97 Å². The molecular weight excluding hydrogens is 248 g/mol. The minimum Gasteiger partial charge on any atom is -0.465 e. The summed E-state index contributed by atoms with van der Waals surface area (Å²) in [5, 5.41) is 11.2. The summed E-state index contributed by atoms with van der Waals surface area (Å²) >= 11 is 5.31. The summed E-state index contributed by atoms with van der Waals surface area (Å²) in [6.07, 6.45) is 0. The van der Waals surface area contributed by atoms with Crippen LogP contribution in [0.15, 0.2) is 4.42 Å². The van der Waals surface area contributed by atoms with Crippen LogP contribution in [-0.2, 0) is 9.53 Å². The molecule has 0 saturated carbocycles. The molecule has 0 spiro atoms. The van der Waals surface area contributed by atoms with E-state index < -0.39 is 11.9 Å². The SMILES string of the molecule is COC(=O)c1c(C)oc(NC(=O)CCl)c1C#N. The van der Waals surface area contributed by atoms with E-state index in [1.54, 1.807) is 6.07 Å². The van der Waals surface area contributed by atoms with Gasteiger partial charge in [0.2, 0.25) is 11.8 Å². The van der Waals surface area contributed by atoms with Gasteiger partial charge in [0.25, 0.3) is 0 Å². The fraction of sp³-hybridized carbons (Fsp3) is 0.300. The Kier molecular flexibility index (Phi) is 4.12. The number of nitrogens with zero attached hydrogens (tertiary/aromatic N) is 1. The van der Waals surface area contributed by atoms with E-state index in [0.29, 0.717) is 0 Å². The third-order valence-electron chi connectivity index (χ3n) is 1.96. The summed E-state index contributed by atoms with van der Waals surface area (Å²) in [6.45, 7) is 1.49. The summed E-state index contributed by atoms with van der Waals surface area (Å²) < 4.78 is 9.63. The Morgan fingerprint density at radius 2 is 2.24 bits per heavy atom. The van der Waals surface area contributed by atoms with Crippen molar-refractivity contribution in [3.05, 3.63) is 16.9 Å². The maximum absolute atomic E-state index is 11.4. The topological polar surface area (TPSA) is 92.3 Å². The number of carbonyl (C=O) groups is 2. The highest BCUT2D eigenvalue weighted by Gasteiger charge is 2.25. The lowest BCUT2D eigenvalue weighted by molar-refractivity contribution is -0.114. The fourth-order valence-electron chi connectivity index (χ4n) is 1.25. The fourth-order valence-corrected chi connectivity index (χ4v) is 1.31. The monoisotopic (exact) mass is 256 g/mol.